The highest BCUT2D eigenvalue weighted by atomic mass is 16.3. The van der Waals surface area contributed by atoms with E-state index in [1.54, 1.807) is 12.4 Å². The lowest BCUT2D eigenvalue weighted by atomic mass is 10.1. The summed E-state index contributed by atoms with van der Waals surface area (Å²) in [7, 11) is 0. The van der Waals surface area contributed by atoms with E-state index in [1.807, 2.05) is 42.5 Å². The summed E-state index contributed by atoms with van der Waals surface area (Å²) in [5.41, 5.74) is 3.91. The summed E-state index contributed by atoms with van der Waals surface area (Å²) in [6.45, 7) is 2.41. The van der Waals surface area contributed by atoms with Crippen LogP contribution in [0.2, 0.25) is 0 Å². The first-order chi connectivity index (χ1) is 13.2. The fourth-order valence-corrected chi connectivity index (χ4v) is 3.49. The SMILES string of the molecule is O=C(Nc1ccc2nccnc2c1)c1cccc(CN2CCCC(O)C2)c1. The van der Waals surface area contributed by atoms with Crippen LogP contribution in [0, 0.1) is 0 Å². The molecule has 2 N–H and O–H groups in total. The van der Waals surface area contributed by atoms with Crippen LogP contribution in [0.15, 0.2) is 54.9 Å². The highest BCUT2D eigenvalue weighted by Crippen LogP contribution is 2.18. The Morgan fingerprint density at radius 3 is 2.85 bits per heavy atom. The van der Waals surface area contributed by atoms with E-state index in [0.29, 0.717) is 17.8 Å². The Kier molecular flexibility index (Phi) is 5.09. The number of carbonyl (C=O) groups is 1. The second-order valence-electron chi connectivity index (χ2n) is 6.95. The summed E-state index contributed by atoms with van der Waals surface area (Å²) < 4.78 is 0. The minimum atomic E-state index is -0.249. The van der Waals surface area contributed by atoms with Gasteiger partial charge >= 0.3 is 0 Å². The van der Waals surface area contributed by atoms with Gasteiger partial charge in [0.05, 0.1) is 17.1 Å². The van der Waals surface area contributed by atoms with Crippen molar-refractivity contribution in [2.24, 2.45) is 0 Å². The maximum absolute atomic E-state index is 12.6. The largest absolute Gasteiger partial charge is 0.392 e. The van der Waals surface area contributed by atoms with Crippen LogP contribution in [0.3, 0.4) is 0 Å². The lowest BCUT2D eigenvalue weighted by molar-refractivity contribution is 0.0668. The van der Waals surface area contributed by atoms with Gasteiger partial charge in [-0.15, -0.1) is 0 Å². The number of amides is 1. The number of hydrogen-bond acceptors (Lipinski definition) is 5. The van der Waals surface area contributed by atoms with Gasteiger partial charge in [-0.1, -0.05) is 12.1 Å². The second kappa shape index (κ2) is 7.82. The van der Waals surface area contributed by atoms with Crippen molar-refractivity contribution in [3.63, 3.8) is 0 Å². The van der Waals surface area contributed by atoms with Gasteiger partial charge in [-0.3, -0.25) is 19.7 Å². The number of likely N-dealkylation sites (tertiary alicyclic amines) is 1. The Morgan fingerprint density at radius 1 is 1.15 bits per heavy atom. The van der Waals surface area contributed by atoms with Crippen LogP contribution in [0.4, 0.5) is 5.69 Å². The minimum absolute atomic E-state index is 0.154. The third-order valence-corrected chi connectivity index (χ3v) is 4.80. The molecule has 0 bridgehead atoms. The maximum atomic E-state index is 12.6. The zero-order valence-corrected chi connectivity index (χ0v) is 15.0. The molecule has 0 saturated carbocycles. The predicted molar refractivity (Wildman–Crippen MR) is 104 cm³/mol. The molecule has 27 heavy (non-hydrogen) atoms. The number of aromatic nitrogens is 2. The Hall–Kier alpha value is -2.83. The smallest absolute Gasteiger partial charge is 0.255 e. The summed E-state index contributed by atoms with van der Waals surface area (Å²) >= 11 is 0. The molecule has 1 amide bonds. The Bertz CT molecular complexity index is 960. The highest BCUT2D eigenvalue weighted by molar-refractivity contribution is 6.05. The molecule has 6 heteroatoms. The van der Waals surface area contributed by atoms with E-state index in [0.717, 1.165) is 42.5 Å². The van der Waals surface area contributed by atoms with Crippen molar-refractivity contribution >= 4 is 22.6 Å². The Morgan fingerprint density at radius 2 is 2.00 bits per heavy atom. The summed E-state index contributed by atoms with van der Waals surface area (Å²) in [6.07, 6.45) is 4.91. The van der Waals surface area contributed by atoms with E-state index in [9.17, 15) is 9.90 Å². The molecule has 1 aromatic heterocycles. The number of rotatable bonds is 4. The van der Waals surface area contributed by atoms with Gasteiger partial charge in [0.25, 0.3) is 5.91 Å². The van der Waals surface area contributed by atoms with E-state index >= 15 is 0 Å². The van der Waals surface area contributed by atoms with Crippen LogP contribution in [-0.4, -0.2) is 45.1 Å². The number of anilines is 1. The summed E-state index contributed by atoms with van der Waals surface area (Å²) in [6, 6.07) is 13.1. The number of carbonyl (C=O) groups excluding carboxylic acids is 1. The lowest BCUT2D eigenvalue weighted by Crippen LogP contribution is -2.37. The number of piperidine rings is 1. The first-order valence-corrected chi connectivity index (χ1v) is 9.19. The quantitative estimate of drug-likeness (QED) is 0.746. The van der Waals surface area contributed by atoms with Crippen molar-refractivity contribution in [2.75, 3.05) is 18.4 Å². The molecule has 138 valence electrons. The first kappa shape index (κ1) is 17.6. The third-order valence-electron chi connectivity index (χ3n) is 4.80. The van der Waals surface area contributed by atoms with Crippen molar-refractivity contribution in [1.82, 2.24) is 14.9 Å². The summed E-state index contributed by atoms with van der Waals surface area (Å²) in [5, 5.41) is 12.8. The van der Waals surface area contributed by atoms with Crippen LogP contribution >= 0.6 is 0 Å². The van der Waals surface area contributed by atoms with Crippen LogP contribution < -0.4 is 5.32 Å². The molecule has 1 fully saturated rings. The number of nitrogens with zero attached hydrogens (tertiary/aromatic N) is 3. The van der Waals surface area contributed by atoms with Crippen LogP contribution in [0.1, 0.15) is 28.8 Å². The van der Waals surface area contributed by atoms with Crippen molar-refractivity contribution in [3.8, 4) is 0 Å². The lowest BCUT2D eigenvalue weighted by Gasteiger charge is -2.30. The van der Waals surface area contributed by atoms with E-state index in [-0.39, 0.29) is 12.0 Å². The van der Waals surface area contributed by atoms with Crippen molar-refractivity contribution < 1.29 is 9.90 Å². The number of aliphatic hydroxyl groups excluding tert-OH is 1. The average molecular weight is 362 g/mol. The van der Waals surface area contributed by atoms with Gasteiger partial charge in [0.2, 0.25) is 0 Å². The normalized spacial score (nSPS) is 17.7. The molecule has 2 heterocycles. The van der Waals surface area contributed by atoms with Crippen molar-refractivity contribution in [1.29, 1.82) is 0 Å². The first-order valence-electron chi connectivity index (χ1n) is 9.19. The minimum Gasteiger partial charge on any atom is -0.392 e. The summed E-state index contributed by atoms with van der Waals surface area (Å²) in [4.78, 5) is 23.4. The number of β-amino-alcohol motifs (C(OH)–C–C–N with tert-alkyl or cyclic N) is 1. The van der Waals surface area contributed by atoms with E-state index < -0.39 is 0 Å². The number of benzene rings is 2. The average Bonchev–Trinajstić information content (AvgIpc) is 2.68. The van der Waals surface area contributed by atoms with Gasteiger partial charge in [0.15, 0.2) is 0 Å². The molecule has 3 aromatic rings. The number of fused-ring (bicyclic) bond motifs is 1. The van der Waals surface area contributed by atoms with Crippen molar-refractivity contribution in [3.05, 3.63) is 66.0 Å². The highest BCUT2D eigenvalue weighted by Gasteiger charge is 2.18. The zero-order chi connectivity index (χ0) is 18.6. The predicted octanol–water partition coefficient (Wildman–Crippen LogP) is 2.84. The fourth-order valence-electron chi connectivity index (χ4n) is 3.49. The van der Waals surface area contributed by atoms with Gasteiger partial charge in [-0.2, -0.15) is 0 Å². The van der Waals surface area contributed by atoms with Crippen molar-refractivity contribution in [2.45, 2.75) is 25.5 Å². The molecule has 4 rings (SSSR count). The summed E-state index contributed by atoms with van der Waals surface area (Å²) in [5.74, 6) is -0.154. The van der Waals surface area contributed by atoms with E-state index in [2.05, 4.69) is 20.2 Å². The molecule has 1 atom stereocenters. The third kappa shape index (κ3) is 4.30. The molecule has 0 radical (unpaired) electrons. The standard InChI is InChI=1S/C21H22N4O2/c26-18-5-2-10-25(14-18)13-15-3-1-4-16(11-15)21(27)24-17-6-7-19-20(12-17)23-9-8-22-19/h1,3-4,6-9,11-12,18,26H,2,5,10,13-14H2,(H,24,27). The van der Waals surface area contributed by atoms with Gasteiger partial charge in [0, 0.05) is 36.7 Å². The van der Waals surface area contributed by atoms with Gasteiger partial charge < -0.3 is 10.4 Å². The van der Waals surface area contributed by atoms with E-state index in [1.165, 1.54) is 0 Å². The molecule has 0 spiro atoms. The van der Waals surface area contributed by atoms with Gasteiger partial charge in [-0.05, 0) is 55.3 Å². The molecular weight excluding hydrogens is 340 g/mol. The second-order valence-corrected chi connectivity index (χ2v) is 6.95. The molecule has 1 aliphatic rings. The number of hydrogen-bond donors (Lipinski definition) is 2. The van der Waals surface area contributed by atoms with Crippen LogP contribution in [-0.2, 0) is 6.54 Å². The Labute approximate surface area is 157 Å². The monoisotopic (exact) mass is 362 g/mol. The molecule has 1 unspecified atom stereocenters. The Balaban J connectivity index is 1.46. The topological polar surface area (TPSA) is 78.4 Å². The molecule has 2 aromatic carbocycles. The molecule has 1 aliphatic heterocycles. The molecular formula is C21H22N4O2. The molecule has 0 aliphatic carbocycles. The van der Waals surface area contributed by atoms with Crippen LogP contribution in [0.5, 0.6) is 0 Å². The molecule has 6 nitrogen and oxygen atoms in total. The van der Waals surface area contributed by atoms with E-state index in [4.69, 9.17) is 0 Å². The van der Waals surface area contributed by atoms with Crippen LogP contribution in [0.25, 0.3) is 11.0 Å². The molecule has 1 saturated heterocycles. The number of aliphatic hydroxyl groups is 1. The maximum Gasteiger partial charge on any atom is 0.255 e. The van der Waals surface area contributed by atoms with Gasteiger partial charge in [-0.25, -0.2) is 0 Å². The zero-order valence-electron chi connectivity index (χ0n) is 15.0. The fraction of sp³-hybridized carbons (Fsp3) is 0.286. The van der Waals surface area contributed by atoms with Gasteiger partial charge in [0.1, 0.15) is 0 Å². The number of nitrogens with one attached hydrogen (secondary N) is 1.